The zero-order chi connectivity index (χ0) is 13.5. The van der Waals surface area contributed by atoms with Crippen molar-refractivity contribution in [2.24, 2.45) is 5.92 Å². The minimum atomic E-state index is 0.477. The van der Waals surface area contributed by atoms with Gasteiger partial charge in [-0.2, -0.15) is 0 Å². The molecule has 0 aliphatic carbocycles. The number of rotatable bonds is 7. The summed E-state index contributed by atoms with van der Waals surface area (Å²) in [5, 5.41) is 3.48. The zero-order valence-corrected chi connectivity index (χ0v) is 12.2. The van der Waals surface area contributed by atoms with Gasteiger partial charge in [-0.15, -0.1) is 0 Å². The van der Waals surface area contributed by atoms with Crippen molar-refractivity contribution in [3.05, 3.63) is 24.3 Å². The molecule has 0 bridgehead atoms. The lowest BCUT2D eigenvalue weighted by molar-refractivity contribution is 0.261. The Hall–Kier alpha value is -1.22. The summed E-state index contributed by atoms with van der Waals surface area (Å²) in [6, 6.07) is 8.66. The van der Waals surface area contributed by atoms with E-state index in [-0.39, 0.29) is 0 Å². The predicted octanol–water partition coefficient (Wildman–Crippen LogP) is 3.08. The van der Waals surface area contributed by atoms with Crippen LogP contribution in [0.15, 0.2) is 24.3 Å². The Kier molecular flexibility index (Phi) is 5.99. The van der Waals surface area contributed by atoms with Gasteiger partial charge in [0.2, 0.25) is 0 Å². The first-order valence-electron chi connectivity index (χ1n) is 6.63. The van der Waals surface area contributed by atoms with Crippen LogP contribution in [0.5, 0.6) is 5.75 Å². The van der Waals surface area contributed by atoms with E-state index in [0.29, 0.717) is 12.0 Å². The minimum absolute atomic E-state index is 0.477. The molecular formula is C15H26N2O. The van der Waals surface area contributed by atoms with Crippen molar-refractivity contribution in [1.82, 2.24) is 4.90 Å². The molecule has 3 heteroatoms. The highest BCUT2D eigenvalue weighted by molar-refractivity contribution is 5.47. The molecule has 0 saturated heterocycles. The van der Waals surface area contributed by atoms with Crippen LogP contribution in [0.1, 0.15) is 20.8 Å². The van der Waals surface area contributed by atoms with E-state index in [2.05, 4.69) is 43.1 Å². The number of anilines is 1. The summed E-state index contributed by atoms with van der Waals surface area (Å²) in [5.74, 6) is 1.56. The van der Waals surface area contributed by atoms with Gasteiger partial charge in [0.1, 0.15) is 12.4 Å². The summed E-state index contributed by atoms with van der Waals surface area (Å²) in [6.45, 7) is 8.30. The van der Waals surface area contributed by atoms with Crippen LogP contribution >= 0.6 is 0 Å². The summed E-state index contributed by atoms with van der Waals surface area (Å²) in [6.07, 6.45) is 0. The molecule has 102 valence electrons. The molecule has 1 rings (SSSR count). The summed E-state index contributed by atoms with van der Waals surface area (Å²) < 4.78 is 5.65. The van der Waals surface area contributed by atoms with Gasteiger partial charge in [-0.3, -0.25) is 0 Å². The van der Waals surface area contributed by atoms with Gasteiger partial charge < -0.3 is 15.0 Å². The molecule has 1 atom stereocenters. The second kappa shape index (κ2) is 7.27. The van der Waals surface area contributed by atoms with Crippen LogP contribution in [0.2, 0.25) is 0 Å². The molecule has 1 N–H and O–H groups in total. The Labute approximate surface area is 111 Å². The summed E-state index contributed by atoms with van der Waals surface area (Å²) >= 11 is 0. The summed E-state index contributed by atoms with van der Waals surface area (Å²) in [7, 11) is 4.09. The summed E-state index contributed by atoms with van der Waals surface area (Å²) in [5.41, 5.74) is 1.15. The molecule has 0 radical (unpaired) electrons. The van der Waals surface area contributed by atoms with Crippen LogP contribution < -0.4 is 10.1 Å². The molecule has 1 unspecified atom stereocenters. The topological polar surface area (TPSA) is 24.5 Å². The molecule has 0 aromatic heterocycles. The van der Waals surface area contributed by atoms with E-state index in [9.17, 15) is 0 Å². The molecule has 3 nitrogen and oxygen atoms in total. The standard InChI is InChI=1S/C15H26N2O/c1-12(2)13(3)16-14-6-8-15(9-7-14)18-11-10-17(4)5/h6-9,12-13,16H,10-11H2,1-5H3. The molecule has 1 aromatic carbocycles. The maximum absolute atomic E-state index is 5.65. The third-order valence-electron chi connectivity index (χ3n) is 3.06. The van der Waals surface area contributed by atoms with E-state index < -0.39 is 0 Å². The number of likely N-dealkylation sites (N-methyl/N-ethyl adjacent to an activating group) is 1. The Bertz CT molecular complexity index is 333. The fourth-order valence-corrected chi connectivity index (χ4v) is 1.42. The Morgan fingerprint density at radius 3 is 2.22 bits per heavy atom. The fourth-order valence-electron chi connectivity index (χ4n) is 1.42. The summed E-state index contributed by atoms with van der Waals surface area (Å²) in [4.78, 5) is 2.11. The number of benzene rings is 1. The van der Waals surface area contributed by atoms with Gasteiger partial charge in [0.05, 0.1) is 0 Å². The number of hydrogen-bond donors (Lipinski definition) is 1. The third kappa shape index (κ3) is 5.41. The van der Waals surface area contributed by atoms with Crippen molar-refractivity contribution in [3.63, 3.8) is 0 Å². The van der Waals surface area contributed by atoms with Gasteiger partial charge in [0, 0.05) is 18.3 Å². The molecule has 0 amide bonds. The normalized spacial score (nSPS) is 12.8. The Morgan fingerprint density at radius 2 is 1.72 bits per heavy atom. The highest BCUT2D eigenvalue weighted by Gasteiger charge is 2.06. The highest BCUT2D eigenvalue weighted by Crippen LogP contribution is 2.17. The molecule has 1 aromatic rings. The van der Waals surface area contributed by atoms with Crippen LogP contribution in [-0.4, -0.2) is 38.2 Å². The van der Waals surface area contributed by atoms with Crippen LogP contribution in [0.4, 0.5) is 5.69 Å². The second-order valence-electron chi connectivity index (χ2n) is 5.35. The average Bonchev–Trinajstić information content (AvgIpc) is 2.30. The molecule has 0 spiro atoms. The largest absolute Gasteiger partial charge is 0.492 e. The van der Waals surface area contributed by atoms with Crippen molar-refractivity contribution in [2.75, 3.05) is 32.6 Å². The first kappa shape index (κ1) is 14.8. The van der Waals surface area contributed by atoms with E-state index in [0.717, 1.165) is 24.6 Å². The molecule has 0 aliphatic heterocycles. The quantitative estimate of drug-likeness (QED) is 0.805. The number of nitrogens with one attached hydrogen (secondary N) is 1. The van der Waals surface area contributed by atoms with E-state index >= 15 is 0 Å². The van der Waals surface area contributed by atoms with E-state index in [1.807, 2.05) is 26.2 Å². The molecule has 0 aliphatic rings. The number of ether oxygens (including phenoxy) is 1. The molecule has 0 heterocycles. The first-order chi connectivity index (χ1) is 8.49. The van der Waals surface area contributed by atoms with Crippen LogP contribution in [0.3, 0.4) is 0 Å². The maximum atomic E-state index is 5.65. The molecule has 0 saturated carbocycles. The van der Waals surface area contributed by atoms with E-state index in [1.54, 1.807) is 0 Å². The van der Waals surface area contributed by atoms with Crippen molar-refractivity contribution in [2.45, 2.75) is 26.8 Å². The first-order valence-corrected chi connectivity index (χ1v) is 6.63. The third-order valence-corrected chi connectivity index (χ3v) is 3.06. The molecular weight excluding hydrogens is 224 g/mol. The predicted molar refractivity (Wildman–Crippen MR) is 78.4 cm³/mol. The zero-order valence-electron chi connectivity index (χ0n) is 12.2. The highest BCUT2D eigenvalue weighted by atomic mass is 16.5. The lowest BCUT2D eigenvalue weighted by atomic mass is 10.1. The van der Waals surface area contributed by atoms with Gasteiger partial charge in [-0.05, 0) is 51.2 Å². The van der Waals surface area contributed by atoms with Gasteiger partial charge in [-0.25, -0.2) is 0 Å². The van der Waals surface area contributed by atoms with Crippen molar-refractivity contribution in [3.8, 4) is 5.75 Å². The smallest absolute Gasteiger partial charge is 0.119 e. The Balaban J connectivity index is 2.42. The van der Waals surface area contributed by atoms with Gasteiger partial charge in [0.25, 0.3) is 0 Å². The second-order valence-corrected chi connectivity index (χ2v) is 5.35. The van der Waals surface area contributed by atoms with Crippen molar-refractivity contribution < 1.29 is 4.74 Å². The van der Waals surface area contributed by atoms with Gasteiger partial charge in [-0.1, -0.05) is 13.8 Å². The van der Waals surface area contributed by atoms with Crippen molar-refractivity contribution >= 4 is 5.69 Å². The van der Waals surface area contributed by atoms with Crippen molar-refractivity contribution in [1.29, 1.82) is 0 Å². The van der Waals surface area contributed by atoms with Crippen LogP contribution in [0, 0.1) is 5.92 Å². The lowest BCUT2D eigenvalue weighted by Gasteiger charge is -2.19. The average molecular weight is 250 g/mol. The molecule has 18 heavy (non-hydrogen) atoms. The van der Waals surface area contributed by atoms with Gasteiger partial charge >= 0.3 is 0 Å². The monoisotopic (exact) mass is 250 g/mol. The van der Waals surface area contributed by atoms with Crippen LogP contribution in [0.25, 0.3) is 0 Å². The number of nitrogens with zero attached hydrogens (tertiary/aromatic N) is 1. The minimum Gasteiger partial charge on any atom is -0.492 e. The van der Waals surface area contributed by atoms with E-state index in [4.69, 9.17) is 4.74 Å². The number of hydrogen-bond acceptors (Lipinski definition) is 3. The SMILES string of the molecule is CC(C)C(C)Nc1ccc(OCCN(C)C)cc1. The van der Waals surface area contributed by atoms with E-state index in [1.165, 1.54) is 0 Å². The van der Waals surface area contributed by atoms with Crippen LogP contribution in [-0.2, 0) is 0 Å². The molecule has 0 fully saturated rings. The maximum Gasteiger partial charge on any atom is 0.119 e. The lowest BCUT2D eigenvalue weighted by Crippen LogP contribution is -2.21. The Morgan fingerprint density at radius 1 is 1.11 bits per heavy atom. The van der Waals surface area contributed by atoms with Gasteiger partial charge in [0.15, 0.2) is 0 Å². The fraction of sp³-hybridized carbons (Fsp3) is 0.600.